The van der Waals surface area contributed by atoms with Crippen molar-refractivity contribution in [2.45, 2.75) is 33.3 Å². The summed E-state index contributed by atoms with van der Waals surface area (Å²) in [7, 11) is 0. The molecule has 0 aliphatic carbocycles. The monoisotopic (exact) mass is 190 g/mol. The first-order valence-corrected chi connectivity index (χ1v) is 4.91. The van der Waals surface area contributed by atoms with Crippen LogP contribution in [0.2, 0.25) is 0 Å². The van der Waals surface area contributed by atoms with E-state index in [0.29, 0.717) is 0 Å². The molecule has 0 saturated carbocycles. The van der Waals surface area contributed by atoms with Gasteiger partial charge in [-0.2, -0.15) is 0 Å². The third-order valence-electron chi connectivity index (χ3n) is 2.03. The lowest BCUT2D eigenvalue weighted by Crippen LogP contribution is -2.01. The molecule has 1 radical (unpaired) electrons. The maximum absolute atomic E-state index is 5.14. The SMILES string of the molecule is CCC(C)O/N=[C]/c1ccc(C)cc1. The summed E-state index contributed by atoms with van der Waals surface area (Å²) in [5.41, 5.74) is 2.18. The maximum atomic E-state index is 5.14. The zero-order chi connectivity index (χ0) is 10.4. The summed E-state index contributed by atoms with van der Waals surface area (Å²) in [6.07, 6.45) is 3.96. The van der Waals surface area contributed by atoms with Gasteiger partial charge in [0.25, 0.3) is 0 Å². The van der Waals surface area contributed by atoms with Crippen LogP contribution in [0.5, 0.6) is 0 Å². The second-order valence-corrected chi connectivity index (χ2v) is 3.39. The highest BCUT2D eigenvalue weighted by Gasteiger charge is 1.95. The van der Waals surface area contributed by atoms with Crippen LogP contribution in [0.4, 0.5) is 0 Å². The van der Waals surface area contributed by atoms with Crippen LogP contribution in [0.25, 0.3) is 0 Å². The lowest BCUT2D eigenvalue weighted by molar-refractivity contribution is 0.0712. The highest BCUT2D eigenvalue weighted by Crippen LogP contribution is 2.01. The molecular weight excluding hydrogens is 174 g/mol. The lowest BCUT2D eigenvalue weighted by atomic mass is 10.2. The van der Waals surface area contributed by atoms with Gasteiger partial charge < -0.3 is 4.84 Å². The number of rotatable bonds is 4. The number of benzene rings is 1. The van der Waals surface area contributed by atoms with E-state index < -0.39 is 0 Å². The fourth-order valence-electron chi connectivity index (χ4n) is 0.872. The van der Waals surface area contributed by atoms with E-state index in [0.717, 1.165) is 12.0 Å². The van der Waals surface area contributed by atoms with E-state index in [9.17, 15) is 0 Å². The molecule has 0 aromatic heterocycles. The molecular formula is C12H16NO. The molecule has 1 aromatic carbocycles. The minimum absolute atomic E-state index is 0.160. The van der Waals surface area contributed by atoms with Gasteiger partial charge in [0, 0.05) is 5.56 Å². The van der Waals surface area contributed by atoms with E-state index >= 15 is 0 Å². The van der Waals surface area contributed by atoms with Crippen LogP contribution in [-0.2, 0) is 4.84 Å². The Kier molecular flexibility index (Phi) is 4.17. The van der Waals surface area contributed by atoms with Crippen molar-refractivity contribution in [3.05, 3.63) is 35.4 Å². The Labute approximate surface area is 85.6 Å². The predicted octanol–water partition coefficient (Wildman–Crippen LogP) is 3.02. The molecule has 0 aliphatic heterocycles. The molecule has 2 nitrogen and oxygen atoms in total. The molecule has 1 rings (SSSR count). The number of hydrogen-bond donors (Lipinski definition) is 0. The quantitative estimate of drug-likeness (QED) is 0.528. The Bertz CT molecular complexity index is 290. The van der Waals surface area contributed by atoms with Gasteiger partial charge >= 0.3 is 0 Å². The van der Waals surface area contributed by atoms with Crippen molar-refractivity contribution in [2.24, 2.45) is 5.16 Å². The molecule has 0 fully saturated rings. The Hall–Kier alpha value is -1.31. The number of hydrogen-bond acceptors (Lipinski definition) is 2. The standard InChI is InChI=1S/C12H16NO/c1-4-11(3)14-13-9-12-7-5-10(2)6-8-12/h5-8,11H,4H2,1-3H3. The van der Waals surface area contributed by atoms with E-state index in [1.165, 1.54) is 5.56 Å². The average molecular weight is 190 g/mol. The summed E-state index contributed by atoms with van der Waals surface area (Å²) in [4.78, 5) is 5.14. The van der Waals surface area contributed by atoms with E-state index in [4.69, 9.17) is 4.84 Å². The van der Waals surface area contributed by atoms with Crippen molar-refractivity contribution >= 4 is 6.21 Å². The summed E-state index contributed by atoms with van der Waals surface area (Å²) >= 11 is 0. The normalized spacial score (nSPS) is 13.1. The van der Waals surface area contributed by atoms with E-state index in [1.54, 1.807) is 0 Å². The van der Waals surface area contributed by atoms with Crippen LogP contribution in [0, 0.1) is 6.92 Å². The summed E-state index contributed by atoms with van der Waals surface area (Å²) in [6, 6.07) is 8.00. The minimum atomic E-state index is 0.160. The summed E-state index contributed by atoms with van der Waals surface area (Å²) in [6.45, 7) is 6.10. The van der Waals surface area contributed by atoms with Crippen molar-refractivity contribution in [3.8, 4) is 0 Å². The van der Waals surface area contributed by atoms with Crippen molar-refractivity contribution in [1.82, 2.24) is 0 Å². The van der Waals surface area contributed by atoms with Crippen LogP contribution in [0.15, 0.2) is 29.4 Å². The van der Waals surface area contributed by atoms with Gasteiger partial charge in [-0.05, 0) is 20.3 Å². The molecule has 0 saturated heterocycles. The zero-order valence-electron chi connectivity index (χ0n) is 8.95. The Balaban J connectivity index is 2.48. The van der Waals surface area contributed by atoms with Crippen molar-refractivity contribution in [3.63, 3.8) is 0 Å². The first kappa shape index (κ1) is 10.8. The fraction of sp³-hybridized carbons (Fsp3) is 0.417. The summed E-state index contributed by atoms with van der Waals surface area (Å²) < 4.78 is 0. The molecule has 0 N–H and O–H groups in total. The second-order valence-electron chi connectivity index (χ2n) is 3.39. The highest BCUT2D eigenvalue weighted by molar-refractivity contribution is 5.79. The van der Waals surface area contributed by atoms with E-state index in [-0.39, 0.29) is 6.10 Å². The second kappa shape index (κ2) is 5.43. The van der Waals surface area contributed by atoms with Crippen LogP contribution >= 0.6 is 0 Å². The molecule has 2 heteroatoms. The van der Waals surface area contributed by atoms with Gasteiger partial charge in [0.2, 0.25) is 0 Å². The third kappa shape index (κ3) is 3.60. The topological polar surface area (TPSA) is 21.6 Å². The Morgan fingerprint density at radius 2 is 2.00 bits per heavy atom. The van der Waals surface area contributed by atoms with E-state index in [2.05, 4.69) is 25.2 Å². The third-order valence-corrected chi connectivity index (χ3v) is 2.03. The van der Waals surface area contributed by atoms with Crippen molar-refractivity contribution in [1.29, 1.82) is 0 Å². The van der Waals surface area contributed by atoms with Gasteiger partial charge in [0.1, 0.15) is 12.3 Å². The zero-order valence-corrected chi connectivity index (χ0v) is 8.95. The molecule has 0 aliphatic rings. The smallest absolute Gasteiger partial charge is 0.139 e. The van der Waals surface area contributed by atoms with Gasteiger partial charge in [0.05, 0.1) is 0 Å². The molecule has 1 aromatic rings. The molecule has 14 heavy (non-hydrogen) atoms. The van der Waals surface area contributed by atoms with Gasteiger partial charge in [-0.3, -0.25) is 0 Å². The van der Waals surface area contributed by atoms with Gasteiger partial charge in [-0.1, -0.05) is 41.9 Å². The number of nitrogens with zero attached hydrogens (tertiary/aromatic N) is 1. The van der Waals surface area contributed by atoms with Crippen molar-refractivity contribution < 1.29 is 4.84 Å². The minimum Gasteiger partial charge on any atom is -0.392 e. The number of aryl methyl sites for hydroxylation is 1. The Morgan fingerprint density at radius 3 is 2.57 bits per heavy atom. The summed E-state index contributed by atoms with van der Waals surface area (Å²) in [5, 5.41) is 3.79. The molecule has 1 unspecified atom stereocenters. The fourth-order valence-corrected chi connectivity index (χ4v) is 0.872. The average Bonchev–Trinajstić information content (AvgIpc) is 2.21. The summed E-state index contributed by atoms with van der Waals surface area (Å²) in [5.74, 6) is 0. The van der Waals surface area contributed by atoms with E-state index in [1.807, 2.05) is 31.2 Å². The van der Waals surface area contributed by atoms with Gasteiger partial charge in [-0.25, -0.2) is 0 Å². The molecule has 75 valence electrons. The van der Waals surface area contributed by atoms with Crippen LogP contribution < -0.4 is 0 Å². The molecule has 0 amide bonds. The molecule has 0 heterocycles. The Morgan fingerprint density at radius 1 is 1.36 bits per heavy atom. The van der Waals surface area contributed by atoms with Gasteiger partial charge in [0.15, 0.2) is 0 Å². The predicted molar refractivity (Wildman–Crippen MR) is 58.6 cm³/mol. The van der Waals surface area contributed by atoms with Gasteiger partial charge in [-0.15, -0.1) is 0 Å². The van der Waals surface area contributed by atoms with Crippen LogP contribution in [0.3, 0.4) is 0 Å². The molecule has 0 spiro atoms. The largest absolute Gasteiger partial charge is 0.392 e. The van der Waals surface area contributed by atoms with Crippen LogP contribution in [-0.4, -0.2) is 12.3 Å². The molecule has 0 bridgehead atoms. The van der Waals surface area contributed by atoms with Crippen LogP contribution in [0.1, 0.15) is 31.4 Å². The first-order chi connectivity index (χ1) is 6.72. The highest BCUT2D eigenvalue weighted by atomic mass is 16.6. The molecule has 1 atom stereocenters. The lowest BCUT2D eigenvalue weighted by Gasteiger charge is -2.04. The van der Waals surface area contributed by atoms with Crippen molar-refractivity contribution in [2.75, 3.05) is 0 Å². The first-order valence-electron chi connectivity index (χ1n) is 4.91. The maximum Gasteiger partial charge on any atom is 0.139 e.